The van der Waals surface area contributed by atoms with Crippen molar-refractivity contribution in [3.63, 3.8) is 0 Å². The smallest absolute Gasteiger partial charge is 0.142 e. The van der Waals surface area contributed by atoms with Gasteiger partial charge < -0.3 is 5.32 Å². The maximum Gasteiger partial charge on any atom is 0.142 e. The van der Waals surface area contributed by atoms with Crippen LogP contribution in [0, 0.1) is 5.82 Å². The molecule has 0 amide bonds. The van der Waals surface area contributed by atoms with E-state index in [1.54, 1.807) is 6.07 Å². The van der Waals surface area contributed by atoms with Gasteiger partial charge in [0.05, 0.1) is 5.02 Å². The van der Waals surface area contributed by atoms with Crippen molar-refractivity contribution in [1.29, 1.82) is 0 Å². The van der Waals surface area contributed by atoms with Crippen molar-refractivity contribution in [2.45, 2.75) is 13.3 Å². The molecule has 2 rings (SSSR count). The molecule has 1 aromatic carbocycles. The van der Waals surface area contributed by atoms with Gasteiger partial charge in [-0.15, -0.1) is 0 Å². The van der Waals surface area contributed by atoms with Gasteiger partial charge in [-0.1, -0.05) is 17.7 Å². The first-order valence-corrected chi connectivity index (χ1v) is 5.37. The molecule has 0 aliphatic carbocycles. The fraction of sp³-hybridized carbons (Fsp3) is 0.250. The number of carbonyl (C=O) groups is 1. The third-order valence-electron chi connectivity index (χ3n) is 2.49. The Hall–Kier alpha value is -1.35. The van der Waals surface area contributed by atoms with Gasteiger partial charge in [-0.3, -0.25) is 4.79 Å². The van der Waals surface area contributed by atoms with Crippen LogP contribution in [-0.2, 0) is 4.79 Å². The minimum atomic E-state index is -0.460. The third-order valence-corrected chi connectivity index (χ3v) is 2.78. The zero-order valence-electron chi connectivity index (χ0n) is 8.81. The molecule has 0 radical (unpaired) electrons. The molecule has 0 spiro atoms. The van der Waals surface area contributed by atoms with E-state index in [9.17, 15) is 9.18 Å². The van der Waals surface area contributed by atoms with Crippen LogP contribution in [0.15, 0.2) is 18.2 Å². The lowest BCUT2D eigenvalue weighted by molar-refractivity contribution is -0.116. The molecule has 0 saturated carbocycles. The molecule has 0 aromatic heterocycles. The number of nitrogens with one attached hydrogen (secondary N) is 1. The summed E-state index contributed by atoms with van der Waals surface area (Å²) in [4.78, 5) is 11.1. The normalized spacial score (nSPS) is 13.8. The minimum absolute atomic E-state index is 0.0643. The summed E-state index contributed by atoms with van der Waals surface area (Å²) in [7, 11) is 0. The summed E-state index contributed by atoms with van der Waals surface area (Å²) in [5.74, 6) is -0.395. The molecular formula is C12H11ClFNO. The molecule has 0 fully saturated rings. The number of carbonyl (C=O) groups excluding carboxylic acids is 1. The van der Waals surface area contributed by atoms with Gasteiger partial charge >= 0.3 is 0 Å². The molecule has 2 nitrogen and oxygen atoms in total. The molecule has 0 unspecified atom stereocenters. The van der Waals surface area contributed by atoms with Crippen molar-refractivity contribution in [3.8, 4) is 0 Å². The highest BCUT2D eigenvalue weighted by atomic mass is 35.5. The molecule has 1 heterocycles. The van der Waals surface area contributed by atoms with E-state index in [2.05, 4.69) is 5.32 Å². The second-order valence-electron chi connectivity index (χ2n) is 3.80. The molecule has 84 valence electrons. The van der Waals surface area contributed by atoms with E-state index in [-0.39, 0.29) is 10.8 Å². The van der Waals surface area contributed by atoms with Gasteiger partial charge in [0, 0.05) is 24.2 Å². The topological polar surface area (TPSA) is 29.1 Å². The first kappa shape index (κ1) is 11.1. The molecule has 0 bridgehead atoms. The van der Waals surface area contributed by atoms with Gasteiger partial charge in [0.1, 0.15) is 11.6 Å². The largest absolute Gasteiger partial charge is 0.381 e. The highest BCUT2D eigenvalue weighted by Crippen LogP contribution is 2.33. The molecule has 0 saturated heterocycles. The zero-order chi connectivity index (χ0) is 11.7. The van der Waals surface area contributed by atoms with Crippen molar-refractivity contribution >= 4 is 28.6 Å². The Labute approximate surface area is 98.1 Å². The molecule has 4 heteroatoms. The molecule has 1 aromatic rings. The Morgan fingerprint density at radius 3 is 3.00 bits per heavy atom. The first-order valence-electron chi connectivity index (χ1n) is 4.99. The summed E-state index contributed by atoms with van der Waals surface area (Å²) >= 11 is 5.70. The van der Waals surface area contributed by atoms with Crippen molar-refractivity contribution in [1.82, 2.24) is 0 Å². The van der Waals surface area contributed by atoms with Crippen molar-refractivity contribution in [2.75, 3.05) is 11.9 Å². The van der Waals surface area contributed by atoms with Crippen LogP contribution in [0.2, 0.25) is 5.02 Å². The average Bonchev–Trinajstić information content (AvgIpc) is 2.20. The third kappa shape index (κ3) is 2.09. The molecular weight excluding hydrogens is 229 g/mol. The van der Waals surface area contributed by atoms with Crippen LogP contribution in [-0.4, -0.2) is 12.3 Å². The summed E-state index contributed by atoms with van der Waals surface area (Å²) in [6.07, 6.45) is 2.23. The minimum Gasteiger partial charge on any atom is -0.381 e. The maximum absolute atomic E-state index is 13.3. The van der Waals surface area contributed by atoms with Crippen LogP contribution in [0.3, 0.4) is 0 Å². The Kier molecular flexibility index (Phi) is 2.97. The molecule has 16 heavy (non-hydrogen) atoms. The Morgan fingerprint density at radius 1 is 1.56 bits per heavy atom. The second-order valence-corrected chi connectivity index (χ2v) is 4.21. The summed E-state index contributed by atoms with van der Waals surface area (Å²) in [6, 6.07) is 2.93. The maximum atomic E-state index is 13.3. The number of ketones is 1. The lowest BCUT2D eigenvalue weighted by Crippen LogP contribution is -2.10. The standard InChI is InChI=1S/C12H11ClFNO/c1-7(16)4-8-2-3-15-12-6-10(13)11(14)5-9(8)12/h2,5-6,15H,3-4H2,1H3. The number of anilines is 1. The number of fused-ring (bicyclic) bond motifs is 1. The quantitative estimate of drug-likeness (QED) is 0.858. The van der Waals surface area contributed by atoms with E-state index in [1.165, 1.54) is 13.0 Å². The van der Waals surface area contributed by atoms with Crippen LogP contribution in [0.4, 0.5) is 10.1 Å². The number of hydrogen-bond donors (Lipinski definition) is 1. The highest BCUT2D eigenvalue weighted by Gasteiger charge is 2.16. The highest BCUT2D eigenvalue weighted by molar-refractivity contribution is 6.31. The average molecular weight is 240 g/mol. The number of benzene rings is 1. The second kappa shape index (κ2) is 4.26. The van der Waals surface area contributed by atoms with E-state index in [0.29, 0.717) is 13.0 Å². The van der Waals surface area contributed by atoms with E-state index in [1.807, 2.05) is 6.08 Å². The summed E-state index contributed by atoms with van der Waals surface area (Å²) in [5, 5.41) is 3.19. The van der Waals surface area contributed by atoms with Gasteiger partial charge in [-0.2, -0.15) is 0 Å². The van der Waals surface area contributed by atoms with Gasteiger partial charge in [0.2, 0.25) is 0 Å². The van der Waals surface area contributed by atoms with Crippen molar-refractivity contribution in [3.05, 3.63) is 34.6 Å². The SMILES string of the molecule is CC(=O)CC1=CCNc2cc(Cl)c(F)cc21. The van der Waals surface area contributed by atoms with Crippen LogP contribution < -0.4 is 5.32 Å². The lowest BCUT2D eigenvalue weighted by Gasteiger charge is -2.19. The number of allylic oxidation sites excluding steroid dienone is 1. The van der Waals surface area contributed by atoms with Crippen LogP contribution in [0.1, 0.15) is 18.9 Å². The molecule has 1 N–H and O–H groups in total. The monoisotopic (exact) mass is 239 g/mol. The van der Waals surface area contributed by atoms with E-state index >= 15 is 0 Å². The Balaban J connectivity index is 2.45. The van der Waals surface area contributed by atoms with Crippen LogP contribution in [0.25, 0.3) is 5.57 Å². The number of rotatable bonds is 2. The number of halogens is 2. The fourth-order valence-electron chi connectivity index (χ4n) is 1.79. The van der Waals surface area contributed by atoms with Gasteiger partial charge in [0.15, 0.2) is 0 Å². The van der Waals surface area contributed by atoms with Gasteiger partial charge in [-0.25, -0.2) is 4.39 Å². The van der Waals surface area contributed by atoms with E-state index in [4.69, 9.17) is 11.6 Å². The zero-order valence-corrected chi connectivity index (χ0v) is 9.57. The number of hydrogen-bond acceptors (Lipinski definition) is 2. The fourth-order valence-corrected chi connectivity index (χ4v) is 1.95. The predicted octanol–water partition coefficient (Wildman–Crippen LogP) is 3.27. The van der Waals surface area contributed by atoms with Crippen LogP contribution in [0.5, 0.6) is 0 Å². The number of Topliss-reactive ketones (excluding diaryl/α,β-unsaturated/α-hetero) is 1. The van der Waals surface area contributed by atoms with E-state index < -0.39 is 5.82 Å². The molecule has 1 aliphatic heterocycles. The van der Waals surface area contributed by atoms with Crippen LogP contribution >= 0.6 is 11.6 Å². The van der Waals surface area contributed by atoms with Gasteiger partial charge in [-0.05, 0) is 24.6 Å². The Bertz CT molecular complexity index is 482. The summed E-state index contributed by atoms with van der Waals surface area (Å²) in [6.45, 7) is 2.16. The summed E-state index contributed by atoms with van der Waals surface area (Å²) < 4.78 is 13.3. The van der Waals surface area contributed by atoms with Gasteiger partial charge in [0.25, 0.3) is 0 Å². The first-order chi connectivity index (χ1) is 7.58. The Morgan fingerprint density at radius 2 is 2.31 bits per heavy atom. The lowest BCUT2D eigenvalue weighted by atomic mass is 9.96. The van der Waals surface area contributed by atoms with Crippen molar-refractivity contribution in [2.24, 2.45) is 0 Å². The molecule has 1 aliphatic rings. The summed E-state index contributed by atoms with van der Waals surface area (Å²) in [5.41, 5.74) is 2.37. The molecule has 0 atom stereocenters. The predicted molar refractivity (Wildman–Crippen MR) is 63.2 cm³/mol. The van der Waals surface area contributed by atoms with Crippen molar-refractivity contribution < 1.29 is 9.18 Å². The van der Waals surface area contributed by atoms with E-state index in [0.717, 1.165) is 16.8 Å².